The Morgan fingerprint density at radius 3 is 0.815 bits per heavy atom. The second-order valence-corrected chi connectivity index (χ2v) is 25.2. The summed E-state index contributed by atoms with van der Waals surface area (Å²) in [5.41, 5.74) is 29.8. The van der Waals surface area contributed by atoms with E-state index in [1.54, 1.807) is 7.11 Å². The predicted octanol–water partition coefficient (Wildman–Crippen LogP) is 24.7. The SMILES string of the molecule is CCCCOc1cc(C)c(N(c2ccc(C)cc2)c2ccc(N(c3ccc(C)cc3)c3c(C)cc(C)cc3C)cc2)c(C)c1.CCCCOc1cc(C)c(N(c2ccc(C)cc2)c2ccc(N(c3ccc(C)cc3)c3c(C)cc(CCCC)cc3C)cc2)c(OC)c1. The van der Waals surface area contributed by atoms with Crippen molar-refractivity contribution in [1.29, 1.82) is 0 Å². The molecule has 0 fully saturated rings. The summed E-state index contributed by atoms with van der Waals surface area (Å²) in [4.78, 5) is 9.47. The molecule has 476 valence electrons. The van der Waals surface area contributed by atoms with Crippen molar-refractivity contribution in [2.75, 3.05) is 39.9 Å². The van der Waals surface area contributed by atoms with E-state index in [0.29, 0.717) is 6.61 Å². The van der Waals surface area contributed by atoms with Crippen molar-refractivity contribution in [1.82, 2.24) is 0 Å². The Balaban J connectivity index is 0.000000218. The predicted molar refractivity (Wildman–Crippen MR) is 394 cm³/mol. The Morgan fingerprint density at radius 2 is 0.522 bits per heavy atom. The number of unbranched alkanes of at least 4 members (excludes halogenated alkanes) is 3. The molecule has 0 aliphatic carbocycles. The molecular weight excluding hydrogens is 1120 g/mol. The van der Waals surface area contributed by atoms with E-state index >= 15 is 0 Å². The first-order chi connectivity index (χ1) is 44.4. The fourth-order valence-corrected chi connectivity index (χ4v) is 12.6. The van der Waals surface area contributed by atoms with Crippen molar-refractivity contribution in [3.8, 4) is 17.2 Å². The summed E-state index contributed by atoms with van der Waals surface area (Å²) in [6, 6.07) is 70.9. The molecule has 92 heavy (non-hydrogen) atoms. The second kappa shape index (κ2) is 31.2. The minimum atomic E-state index is 0.694. The summed E-state index contributed by atoms with van der Waals surface area (Å²) in [6.45, 7) is 34.2. The van der Waals surface area contributed by atoms with Crippen LogP contribution in [-0.2, 0) is 6.42 Å². The van der Waals surface area contributed by atoms with Gasteiger partial charge in [-0.3, -0.25) is 0 Å². The van der Waals surface area contributed by atoms with E-state index in [4.69, 9.17) is 14.2 Å². The lowest BCUT2D eigenvalue weighted by atomic mass is 9.98. The number of rotatable bonds is 24. The number of ether oxygens (including phenoxy) is 3. The third-order valence-electron chi connectivity index (χ3n) is 17.3. The van der Waals surface area contributed by atoms with Crippen molar-refractivity contribution in [2.45, 2.75) is 149 Å². The van der Waals surface area contributed by atoms with Gasteiger partial charge in [-0.2, -0.15) is 0 Å². The van der Waals surface area contributed by atoms with Crippen molar-refractivity contribution >= 4 is 68.2 Å². The van der Waals surface area contributed by atoms with Crippen LogP contribution in [0.25, 0.3) is 0 Å². The summed E-state index contributed by atoms with van der Waals surface area (Å²) in [5, 5.41) is 0. The van der Waals surface area contributed by atoms with Crippen LogP contribution in [0.5, 0.6) is 17.2 Å². The van der Waals surface area contributed by atoms with E-state index in [1.165, 1.54) is 96.7 Å². The molecule has 0 spiro atoms. The topological polar surface area (TPSA) is 40.7 Å². The molecular formula is C85H98N4O3. The Labute approximate surface area is 551 Å². The number of aryl methyl sites for hydroxylation is 13. The maximum absolute atomic E-state index is 6.11. The molecule has 0 atom stereocenters. The standard InChI is InChI=1S/C44H52N2O2.C41H46N2O/c1-9-11-13-36-27-33(5)43(34(6)28-36)45(37-18-14-31(3)15-19-37)39-22-24-40(25-23-39)46(38-20-16-32(4)17-21-38)44-35(7)29-41(30-42(44)47-8)48-26-12-10-2;1-9-10-23-44-39-26-33(7)41(34(8)27-39)43(36-17-13-29(3)14-18-36)38-21-19-37(20-22-38)42(35-15-11-28(2)12-16-35)40-31(5)24-30(4)25-32(40)6/h14-25,27-30H,9-13,26H2,1-8H3;11-22,24-27H,9-10,23H2,1-8H3. The number of benzene rings is 10. The highest BCUT2D eigenvalue weighted by Crippen LogP contribution is 2.48. The van der Waals surface area contributed by atoms with E-state index in [0.717, 1.165) is 113 Å². The second-order valence-electron chi connectivity index (χ2n) is 25.2. The molecule has 10 aromatic rings. The first-order valence-electron chi connectivity index (χ1n) is 33.3. The van der Waals surface area contributed by atoms with Gasteiger partial charge in [-0.1, -0.05) is 141 Å². The van der Waals surface area contributed by atoms with Crippen molar-refractivity contribution in [3.05, 3.63) is 266 Å². The van der Waals surface area contributed by atoms with Crippen LogP contribution in [0.3, 0.4) is 0 Å². The minimum Gasteiger partial charge on any atom is -0.494 e. The number of methoxy groups -OCH3 is 1. The quantitative estimate of drug-likeness (QED) is 0.0558. The monoisotopic (exact) mass is 1220 g/mol. The van der Waals surface area contributed by atoms with Crippen LogP contribution in [0.1, 0.15) is 132 Å². The van der Waals surface area contributed by atoms with E-state index in [2.05, 4.69) is 312 Å². The Bertz CT molecular complexity index is 3970. The first kappa shape index (κ1) is 67.2. The van der Waals surface area contributed by atoms with E-state index in [-0.39, 0.29) is 0 Å². The van der Waals surface area contributed by atoms with Crippen LogP contribution >= 0.6 is 0 Å². The van der Waals surface area contributed by atoms with Crippen LogP contribution in [-0.4, -0.2) is 20.3 Å². The molecule has 0 saturated heterocycles. The zero-order valence-electron chi connectivity index (χ0n) is 57.9. The number of nitrogens with zero attached hydrogens (tertiary/aromatic N) is 4. The van der Waals surface area contributed by atoms with Crippen LogP contribution in [0.15, 0.2) is 194 Å². The summed E-state index contributed by atoms with van der Waals surface area (Å²) in [7, 11) is 1.74. The third-order valence-corrected chi connectivity index (χ3v) is 17.3. The number of hydrogen-bond donors (Lipinski definition) is 0. The molecule has 0 radical (unpaired) electrons. The highest BCUT2D eigenvalue weighted by atomic mass is 16.5. The van der Waals surface area contributed by atoms with Crippen LogP contribution in [0, 0.1) is 83.1 Å². The van der Waals surface area contributed by atoms with Gasteiger partial charge in [0.25, 0.3) is 0 Å². The van der Waals surface area contributed by atoms with Gasteiger partial charge in [0.2, 0.25) is 0 Å². The fraction of sp³-hybridized carbons (Fsp3) is 0.294. The van der Waals surface area contributed by atoms with E-state index in [1.807, 2.05) is 6.07 Å². The maximum atomic E-state index is 6.11. The largest absolute Gasteiger partial charge is 0.494 e. The molecule has 0 aliphatic heterocycles. The highest BCUT2D eigenvalue weighted by molar-refractivity contribution is 5.88. The lowest BCUT2D eigenvalue weighted by Gasteiger charge is -2.31. The van der Waals surface area contributed by atoms with Crippen molar-refractivity contribution < 1.29 is 14.2 Å². The fourth-order valence-electron chi connectivity index (χ4n) is 12.6. The average molecular weight is 1220 g/mol. The third kappa shape index (κ3) is 16.1. The molecule has 0 saturated carbocycles. The molecule has 0 unspecified atom stereocenters. The van der Waals surface area contributed by atoms with Crippen LogP contribution < -0.4 is 33.8 Å². The Kier molecular flexibility index (Phi) is 22.8. The van der Waals surface area contributed by atoms with Gasteiger partial charge in [-0.15, -0.1) is 0 Å². The Morgan fingerprint density at radius 1 is 0.272 bits per heavy atom. The van der Waals surface area contributed by atoms with Gasteiger partial charge in [-0.25, -0.2) is 0 Å². The summed E-state index contributed by atoms with van der Waals surface area (Å²) in [6.07, 6.45) is 7.81. The molecule has 0 bridgehead atoms. The van der Waals surface area contributed by atoms with Gasteiger partial charge in [-0.05, 0) is 269 Å². The molecule has 0 aromatic heterocycles. The molecule has 10 rings (SSSR count). The highest BCUT2D eigenvalue weighted by Gasteiger charge is 2.25. The molecule has 0 N–H and O–H groups in total. The zero-order chi connectivity index (χ0) is 65.6. The van der Waals surface area contributed by atoms with Gasteiger partial charge in [0.15, 0.2) is 0 Å². The Hall–Kier alpha value is -9.20. The average Bonchev–Trinajstić information content (AvgIpc) is 0.807. The van der Waals surface area contributed by atoms with Crippen LogP contribution in [0.4, 0.5) is 68.2 Å². The normalized spacial score (nSPS) is 11.0. The zero-order valence-corrected chi connectivity index (χ0v) is 57.9. The van der Waals surface area contributed by atoms with Crippen molar-refractivity contribution in [3.63, 3.8) is 0 Å². The molecule has 7 nitrogen and oxygen atoms in total. The number of anilines is 12. The maximum Gasteiger partial charge on any atom is 0.146 e. The molecule has 7 heteroatoms. The summed E-state index contributed by atoms with van der Waals surface area (Å²) in [5.74, 6) is 2.55. The summed E-state index contributed by atoms with van der Waals surface area (Å²) < 4.78 is 18.3. The molecule has 0 aliphatic rings. The van der Waals surface area contributed by atoms with Gasteiger partial charge in [0, 0.05) is 51.6 Å². The molecule has 0 amide bonds. The number of hydrogen-bond acceptors (Lipinski definition) is 7. The summed E-state index contributed by atoms with van der Waals surface area (Å²) >= 11 is 0. The van der Waals surface area contributed by atoms with Crippen LogP contribution in [0.2, 0.25) is 0 Å². The minimum absolute atomic E-state index is 0.694. The van der Waals surface area contributed by atoms with Gasteiger partial charge in [0.1, 0.15) is 17.2 Å². The van der Waals surface area contributed by atoms with Gasteiger partial charge < -0.3 is 33.8 Å². The smallest absolute Gasteiger partial charge is 0.146 e. The lowest BCUT2D eigenvalue weighted by molar-refractivity contribution is 0.307. The van der Waals surface area contributed by atoms with Gasteiger partial charge in [0.05, 0.1) is 43.1 Å². The van der Waals surface area contributed by atoms with Crippen molar-refractivity contribution in [2.24, 2.45) is 0 Å². The molecule has 0 heterocycles. The lowest BCUT2D eigenvalue weighted by Crippen LogP contribution is -2.15. The van der Waals surface area contributed by atoms with E-state index < -0.39 is 0 Å². The first-order valence-corrected chi connectivity index (χ1v) is 33.3. The van der Waals surface area contributed by atoms with E-state index in [9.17, 15) is 0 Å². The molecule has 10 aromatic carbocycles. The van der Waals surface area contributed by atoms with Gasteiger partial charge >= 0.3 is 0 Å².